The topological polar surface area (TPSA) is 57.5 Å². The molecule has 17 heavy (non-hydrogen) atoms. The molecule has 2 unspecified atom stereocenters. The molecule has 3 heteroatoms. The van der Waals surface area contributed by atoms with Gasteiger partial charge in [0.25, 0.3) is 0 Å². The number of benzene rings is 1. The van der Waals surface area contributed by atoms with Crippen LogP contribution < -0.4 is 0 Å². The summed E-state index contributed by atoms with van der Waals surface area (Å²) in [7, 11) is 0. The Hall–Kier alpha value is -1.87. The van der Waals surface area contributed by atoms with Crippen LogP contribution in [0, 0.1) is 5.92 Å². The average molecular weight is 230 g/mol. The number of allylic oxidation sites excluding steroid dienone is 2. The highest BCUT2D eigenvalue weighted by molar-refractivity contribution is 5.76. The van der Waals surface area contributed by atoms with Crippen LogP contribution >= 0.6 is 0 Å². The van der Waals surface area contributed by atoms with Crippen molar-refractivity contribution in [3.63, 3.8) is 0 Å². The highest BCUT2D eigenvalue weighted by Crippen LogP contribution is 2.37. The van der Waals surface area contributed by atoms with Crippen LogP contribution in [0.25, 0.3) is 0 Å². The first-order chi connectivity index (χ1) is 8.20. The summed E-state index contributed by atoms with van der Waals surface area (Å²) in [5.41, 5.74) is -0.0440. The predicted molar refractivity (Wildman–Crippen MR) is 64.6 cm³/mol. The molecule has 1 aromatic carbocycles. The Bertz CT molecular complexity index is 462. The number of carboxylic acid groups (broad SMARTS) is 1. The number of carboxylic acids is 1. The summed E-state index contributed by atoms with van der Waals surface area (Å²) in [6.45, 7) is -0.227. The molecule has 0 bridgehead atoms. The third-order valence-corrected chi connectivity index (χ3v) is 3.20. The third kappa shape index (κ3) is 1.89. The van der Waals surface area contributed by atoms with Crippen LogP contribution in [0.2, 0.25) is 0 Å². The second kappa shape index (κ2) is 4.55. The summed E-state index contributed by atoms with van der Waals surface area (Å²) in [6.07, 6.45) is 6.87. The van der Waals surface area contributed by atoms with Crippen LogP contribution in [0.5, 0.6) is 0 Å². The van der Waals surface area contributed by atoms with E-state index in [1.54, 1.807) is 24.3 Å². The Morgan fingerprint density at radius 2 is 1.94 bits per heavy atom. The molecule has 0 aliphatic heterocycles. The molecule has 0 saturated heterocycles. The largest absolute Gasteiger partial charge is 0.481 e. The summed E-state index contributed by atoms with van der Waals surface area (Å²) < 4.78 is 0. The number of carbonyl (C=O) groups is 1. The van der Waals surface area contributed by atoms with Crippen molar-refractivity contribution in [3.05, 3.63) is 60.2 Å². The predicted octanol–water partition coefficient (Wildman–Crippen LogP) is 1.74. The first kappa shape index (κ1) is 11.6. The minimum absolute atomic E-state index is 0.227. The van der Waals surface area contributed by atoms with E-state index in [0.717, 1.165) is 5.56 Å². The van der Waals surface area contributed by atoms with Gasteiger partial charge in [0.15, 0.2) is 0 Å². The SMILES string of the molecule is O=C(O)C1C=CC=CC1(CO)c1ccccc1. The quantitative estimate of drug-likeness (QED) is 0.831. The molecular formula is C14H14O3. The van der Waals surface area contributed by atoms with Crippen molar-refractivity contribution in [1.82, 2.24) is 0 Å². The molecule has 0 fully saturated rings. The average Bonchev–Trinajstić information content (AvgIpc) is 2.39. The van der Waals surface area contributed by atoms with Crippen LogP contribution in [0.1, 0.15) is 5.56 Å². The van der Waals surface area contributed by atoms with Gasteiger partial charge < -0.3 is 10.2 Å². The molecule has 2 atom stereocenters. The van der Waals surface area contributed by atoms with Gasteiger partial charge in [-0.3, -0.25) is 4.79 Å². The molecule has 0 heterocycles. The molecule has 3 nitrogen and oxygen atoms in total. The van der Waals surface area contributed by atoms with Gasteiger partial charge in [0.1, 0.15) is 0 Å². The van der Waals surface area contributed by atoms with E-state index in [-0.39, 0.29) is 6.61 Å². The van der Waals surface area contributed by atoms with Crippen molar-refractivity contribution in [2.45, 2.75) is 5.41 Å². The Balaban J connectivity index is 2.53. The van der Waals surface area contributed by atoms with Crippen LogP contribution in [0.3, 0.4) is 0 Å². The zero-order valence-electron chi connectivity index (χ0n) is 9.28. The fraction of sp³-hybridized carbons (Fsp3) is 0.214. The van der Waals surface area contributed by atoms with Crippen molar-refractivity contribution in [2.24, 2.45) is 5.92 Å². The molecule has 2 rings (SSSR count). The van der Waals surface area contributed by atoms with Crippen molar-refractivity contribution in [2.75, 3.05) is 6.61 Å². The Labute approximate surface area is 99.7 Å². The van der Waals surface area contributed by atoms with Gasteiger partial charge in [-0.25, -0.2) is 0 Å². The molecule has 2 N–H and O–H groups in total. The van der Waals surface area contributed by atoms with Crippen LogP contribution in [-0.4, -0.2) is 22.8 Å². The lowest BCUT2D eigenvalue weighted by molar-refractivity contribution is -0.142. The van der Waals surface area contributed by atoms with Crippen LogP contribution in [-0.2, 0) is 10.2 Å². The number of hydrogen-bond acceptors (Lipinski definition) is 2. The number of hydrogen-bond donors (Lipinski definition) is 2. The van der Waals surface area contributed by atoms with Gasteiger partial charge in [-0.05, 0) is 5.56 Å². The lowest BCUT2D eigenvalue weighted by Gasteiger charge is -2.35. The standard InChI is InChI=1S/C14H14O3/c15-10-14(11-6-2-1-3-7-11)9-5-4-8-12(14)13(16)17/h1-9,12,15H,10H2,(H,16,17). The lowest BCUT2D eigenvalue weighted by Crippen LogP contribution is -2.41. The zero-order chi connectivity index (χ0) is 12.3. The van der Waals surface area contributed by atoms with Crippen molar-refractivity contribution >= 4 is 5.97 Å². The lowest BCUT2D eigenvalue weighted by atomic mass is 9.68. The van der Waals surface area contributed by atoms with Gasteiger partial charge in [0.2, 0.25) is 0 Å². The molecule has 0 aromatic heterocycles. The molecule has 0 radical (unpaired) electrons. The van der Waals surface area contributed by atoms with E-state index in [2.05, 4.69) is 0 Å². The second-order valence-electron chi connectivity index (χ2n) is 4.12. The summed E-state index contributed by atoms with van der Waals surface area (Å²) in [5, 5.41) is 18.9. The summed E-state index contributed by atoms with van der Waals surface area (Å²) >= 11 is 0. The molecular weight excluding hydrogens is 216 g/mol. The third-order valence-electron chi connectivity index (χ3n) is 3.20. The van der Waals surface area contributed by atoms with Gasteiger partial charge >= 0.3 is 5.97 Å². The second-order valence-corrected chi connectivity index (χ2v) is 4.12. The Kier molecular flexibility index (Phi) is 3.11. The maximum atomic E-state index is 11.3. The molecule has 0 spiro atoms. The van der Waals surface area contributed by atoms with E-state index in [0.29, 0.717) is 0 Å². The summed E-state index contributed by atoms with van der Waals surface area (Å²) in [4.78, 5) is 11.3. The summed E-state index contributed by atoms with van der Waals surface area (Å²) in [5.74, 6) is -1.66. The van der Waals surface area contributed by atoms with Gasteiger partial charge in [0, 0.05) is 0 Å². The summed E-state index contributed by atoms with van der Waals surface area (Å²) in [6, 6.07) is 9.24. The smallest absolute Gasteiger partial charge is 0.311 e. The molecule has 1 aromatic rings. The van der Waals surface area contributed by atoms with Gasteiger partial charge in [0.05, 0.1) is 17.9 Å². The number of rotatable bonds is 3. The normalized spacial score (nSPS) is 27.0. The van der Waals surface area contributed by atoms with Gasteiger partial charge in [-0.2, -0.15) is 0 Å². The number of aliphatic hydroxyl groups is 1. The molecule has 1 aliphatic carbocycles. The van der Waals surface area contributed by atoms with E-state index in [9.17, 15) is 15.0 Å². The molecule has 0 saturated carbocycles. The van der Waals surface area contributed by atoms with E-state index < -0.39 is 17.3 Å². The van der Waals surface area contributed by atoms with E-state index in [1.807, 2.05) is 30.3 Å². The van der Waals surface area contributed by atoms with Crippen molar-refractivity contribution in [1.29, 1.82) is 0 Å². The number of aliphatic hydroxyl groups excluding tert-OH is 1. The highest BCUT2D eigenvalue weighted by atomic mass is 16.4. The first-order valence-electron chi connectivity index (χ1n) is 5.46. The Morgan fingerprint density at radius 1 is 1.24 bits per heavy atom. The minimum Gasteiger partial charge on any atom is -0.481 e. The Morgan fingerprint density at radius 3 is 2.53 bits per heavy atom. The molecule has 1 aliphatic rings. The van der Waals surface area contributed by atoms with Crippen molar-refractivity contribution < 1.29 is 15.0 Å². The highest BCUT2D eigenvalue weighted by Gasteiger charge is 2.41. The van der Waals surface area contributed by atoms with E-state index >= 15 is 0 Å². The maximum Gasteiger partial charge on any atom is 0.311 e. The van der Waals surface area contributed by atoms with E-state index in [4.69, 9.17) is 0 Å². The van der Waals surface area contributed by atoms with Gasteiger partial charge in [-0.1, -0.05) is 54.6 Å². The molecule has 88 valence electrons. The van der Waals surface area contributed by atoms with Crippen LogP contribution in [0.15, 0.2) is 54.6 Å². The minimum atomic E-state index is -0.927. The maximum absolute atomic E-state index is 11.3. The zero-order valence-corrected chi connectivity index (χ0v) is 9.28. The van der Waals surface area contributed by atoms with E-state index in [1.165, 1.54) is 0 Å². The van der Waals surface area contributed by atoms with Gasteiger partial charge in [-0.15, -0.1) is 0 Å². The first-order valence-corrected chi connectivity index (χ1v) is 5.46. The monoisotopic (exact) mass is 230 g/mol. The molecule has 0 amide bonds. The number of aliphatic carboxylic acids is 1. The fourth-order valence-corrected chi connectivity index (χ4v) is 2.25. The fourth-order valence-electron chi connectivity index (χ4n) is 2.25. The van der Waals surface area contributed by atoms with Crippen LogP contribution in [0.4, 0.5) is 0 Å². The van der Waals surface area contributed by atoms with Crippen molar-refractivity contribution in [3.8, 4) is 0 Å².